The smallest absolute Gasteiger partial charge is 0.169 e. The minimum atomic E-state index is 0.508. The Morgan fingerprint density at radius 3 is 3.00 bits per heavy atom. The number of hydrogen-bond acceptors (Lipinski definition) is 5. The number of nitriles is 1. The second kappa shape index (κ2) is 4.75. The fraction of sp³-hybridized carbons (Fsp3) is 0.308. The first-order valence-corrected chi connectivity index (χ1v) is 6.82. The Hall–Kier alpha value is -1.93. The van der Waals surface area contributed by atoms with Crippen LogP contribution in [0.25, 0.3) is 0 Å². The van der Waals surface area contributed by atoms with Crippen molar-refractivity contribution in [2.24, 2.45) is 0 Å². The standard InChI is InChI=1S/C13H12N4S/c14-7-11-3-5-15-16-13(11)17(12-1-2-12)8-10-4-6-18-9-10/h3-6,9,12H,1-2,8H2. The Kier molecular flexibility index (Phi) is 2.95. The number of rotatable bonds is 4. The predicted molar refractivity (Wildman–Crippen MR) is 70.3 cm³/mol. The van der Waals surface area contributed by atoms with Crippen LogP contribution in [0.1, 0.15) is 24.0 Å². The van der Waals surface area contributed by atoms with E-state index in [1.165, 1.54) is 18.4 Å². The molecule has 0 spiro atoms. The molecule has 3 rings (SSSR count). The van der Waals surface area contributed by atoms with Gasteiger partial charge in [-0.05, 0) is 41.3 Å². The van der Waals surface area contributed by atoms with Crippen LogP contribution < -0.4 is 4.90 Å². The largest absolute Gasteiger partial charge is 0.347 e. The van der Waals surface area contributed by atoms with E-state index in [-0.39, 0.29) is 0 Å². The molecule has 5 heteroatoms. The third-order valence-corrected chi connectivity index (χ3v) is 3.75. The van der Waals surface area contributed by atoms with Crippen LogP contribution in [0, 0.1) is 11.3 Å². The molecule has 1 aliphatic rings. The van der Waals surface area contributed by atoms with Crippen molar-refractivity contribution in [2.75, 3.05) is 4.90 Å². The minimum absolute atomic E-state index is 0.508. The number of hydrogen-bond donors (Lipinski definition) is 0. The first-order chi connectivity index (χ1) is 8.88. The lowest BCUT2D eigenvalue weighted by atomic mass is 10.2. The highest BCUT2D eigenvalue weighted by Crippen LogP contribution is 2.33. The summed E-state index contributed by atoms with van der Waals surface area (Å²) in [6.07, 6.45) is 3.91. The van der Waals surface area contributed by atoms with E-state index in [0.29, 0.717) is 17.4 Å². The molecule has 1 saturated carbocycles. The van der Waals surface area contributed by atoms with Gasteiger partial charge in [-0.1, -0.05) is 0 Å². The summed E-state index contributed by atoms with van der Waals surface area (Å²) in [5.41, 5.74) is 1.87. The van der Waals surface area contributed by atoms with Gasteiger partial charge in [0.15, 0.2) is 5.82 Å². The molecular formula is C13H12N4S. The summed E-state index contributed by atoms with van der Waals surface area (Å²) in [7, 11) is 0. The fourth-order valence-corrected chi connectivity index (χ4v) is 2.63. The van der Waals surface area contributed by atoms with Gasteiger partial charge in [0.05, 0.1) is 11.8 Å². The van der Waals surface area contributed by atoms with Crippen LogP contribution in [0.2, 0.25) is 0 Å². The molecule has 90 valence electrons. The summed E-state index contributed by atoms with van der Waals surface area (Å²) in [4.78, 5) is 2.20. The van der Waals surface area contributed by atoms with E-state index >= 15 is 0 Å². The van der Waals surface area contributed by atoms with Crippen LogP contribution in [0.4, 0.5) is 5.82 Å². The molecule has 1 fully saturated rings. The van der Waals surface area contributed by atoms with E-state index in [0.717, 1.165) is 6.54 Å². The maximum absolute atomic E-state index is 9.15. The quantitative estimate of drug-likeness (QED) is 0.843. The molecule has 18 heavy (non-hydrogen) atoms. The molecule has 0 amide bonds. The first kappa shape index (κ1) is 11.2. The monoisotopic (exact) mass is 256 g/mol. The Labute approximate surface area is 110 Å². The highest BCUT2D eigenvalue weighted by atomic mass is 32.1. The normalized spacial score (nSPS) is 14.2. The summed E-state index contributed by atoms with van der Waals surface area (Å²) in [5, 5.41) is 21.4. The highest BCUT2D eigenvalue weighted by molar-refractivity contribution is 7.07. The molecule has 0 aliphatic heterocycles. The molecule has 0 N–H and O–H groups in total. The lowest BCUT2D eigenvalue weighted by Gasteiger charge is -2.23. The Bertz CT molecular complexity index is 569. The molecule has 2 aromatic rings. The molecule has 0 radical (unpaired) electrons. The third-order valence-electron chi connectivity index (χ3n) is 3.01. The average Bonchev–Trinajstić information content (AvgIpc) is 3.13. The summed E-state index contributed by atoms with van der Waals surface area (Å²) in [6.45, 7) is 0.807. The summed E-state index contributed by atoms with van der Waals surface area (Å²) in [5.74, 6) is 0.716. The molecule has 0 bridgehead atoms. The third kappa shape index (κ3) is 2.20. The second-order valence-electron chi connectivity index (χ2n) is 4.37. The van der Waals surface area contributed by atoms with Gasteiger partial charge in [-0.3, -0.25) is 0 Å². The number of nitrogens with zero attached hydrogens (tertiary/aromatic N) is 4. The van der Waals surface area contributed by atoms with Gasteiger partial charge < -0.3 is 4.90 Å². The Morgan fingerprint density at radius 2 is 2.33 bits per heavy atom. The molecule has 2 aromatic heterocycles. The predicted octanol–water partition coefficient (Wildman–Crippen LogP) is 2.58. The summed E-state index contributed by atoms with van der Waals surface area (Å²) < 4.78 is 0. The number of anilines is 1. The number of aromatic nitrogens is 2. The van der Waals surface area contributed by atoms with Crippen LogP contribution >= 0.6 is 11.3 Å². The van der Waals surface area contributed by atoms with E-state index in [4.69, 9.17) is 5.26 Å². The molecule has 0 atom stereocenters. The molecular weight excluding hydrogens is 244 g/mol. The van der Waals surface area contributed by atoms with Crippen molar-refractivity contribution in [3.8, 4) is 6.07 Å². The molecule has 4 nitrogen and oxygen atoms in total. The first-order valence-electron chi connectivity index (χ1n) is 5.88. The zero-order chi connectivity index (χ0) is 12.4. The fourth-order valence-electron chi connectivity index (χ4n) is 1.97. The summed E-state index contributed by atoms with van der Waals surface area (Å²) in [6, 6.07) is 6.55. The topological polar surface area (TPSA) is 52.8 Å². The van der Waals surface area contributed by atoms with E-state index in [2.05, 4.69) is 38.0 Å². The van der Waals surface area contributed by atoms with Gasteiger partial charge in [-0.2, -0.15) is 21.7 Å². The molecule has 0 saturated heterocycles. The van der Waals surface area contributed by atoms with Crippen LogP contribution in [-0.4, -0.2) is 16.2 Å². The van der Waals surface area contributed by atoms with E-state index in [1.807, 2.05) is 0 Å². The van der Waals surface area contributed by atoms with Crippen molar-refractivity contribution in [1.82, 2.24) is 10.2 Å². The maximum atomic E-state index is 9.15. The van der Waals surface area contributed by atoms with Crippen molar-refractivity contribution in [2.45, 2.75) is 25.4 Å². The maximum Gasteiger partial charge on any atom is 0.169 e. The van der Waals surface area contributed by atoms with Crippen molar-refractivity contribution in [3.05, 3.63) is 40.2 Å². The molecule has 0 aromatic carbocycles. The van der Waals surface area contributed by atoms with Crippen LogP contribution in [-0.2, 0) is 6.54 Å². The van der Waals surface area contributed by atoms with Gasteiger partial charge in [0, 0.05) is 12.6 Å². The van der Waals surface area contributed by atoms with Crippen molar-refractivity contribution in [3.63, 3.8) is 0 Å². The number of thiophene rings is 1. The Balaban J connectivity index is 1.92. The lowest BCUT2D eigenvalue weighted by molar-refractivity contribution is 0.763. The van der Waals surface area contributed by atoms with Crippen molar-refractivity contribution in [1.29, 1.82) is 5.26 Å². The van der Waals surface area contributed by atoms with E-state index in [9.17, 15) is 0 Å². The van der Waals surface area contributed by atoms with Crippen molar-refractivity contribution < 1.29 is 0 Å². The highest BCUT2D eigenvalue weighted by Gasteiger charge is 2.31. The van der Waals surface area contributed by atoms with Gasteiger partial charge in [0.25, 0.3) is 0 Å². The molecule has 0 unspecified atom stereocenters. The van der Waals surface area contributed by atoms with Gasteiger partial charge in [-0.15, -0.1) is 5.10 Å². The van der Waals surface area contributed by atoms with Crippen LogP contribution in [0.3, 0.4) is 0 Å². The van der Waals surface area contributed by atoms with Crippen molar-refractivity contribution >= 4 is 17.2 Å². The zero-order valence-corrected chi connectivity index (χ0v) is 10.6. The Morgan fingerprint density at radius 1 is 1.44 bits per heavy atom. The van der Waals surface area contributed by atoms with E-state index < -0.39 is 0 Å². The SMILES string of the molecule is N#Cc1ccnnc1N(Cc1ccsc1)C1CC1. The van der Waals surface area contributed by atoms with Gasteiger partial charge >= 0.3 is 0 Å². The lowest BCUT2D eigenvalue weighted by Crippen LogP contribution is -2.27. The zero-order valence-electron chi connectivity index (χ0n) is 9.78. The molecule has 1 aliphatic carbocycles. The molecule has 2 heterocycles. The van der Waals surface area contributed by atoms with Crippen LogP contribution in [0.5, 0.6) is 0 Å². The van der Waals surface area contributed by atoms with Gasteiger partial charge in [-0.25, -0.2) is 0 Å². The minimum Gasteiger partial charge on any atom is -0.347 e. The summed E-state index contributed by atoms with van der Waals surface area (Å²) >= 11 is 1.69. The van der Waals surface area contributed by atoms with Gasteiger partial charge in [0.1, 0.15) is 6.07 Å². The average molecular weight is 256 g/mol. The van der Waals surface area contributed by atoms with E-state index in [1.54, 1.807) is 23.6 Å². The van der Waals surface area contributed by atoms with Crippen LogP contribution in [0.15, 0.2) is 29.1 Å². The second-order valence-corrected chi connectivity index (χ2v) is 5.15. The van der Waals surface area contributed by atoms with Gasteiger partial charge in [0.2, 0.25) is 0 Å².